The first-order chi connectivity index (χ1) is 9.25. The van der Waals surface area contributed by atoms with Gasteiger partial charge in [-0.25, -0.2) is 4.79 Å². The van der Waals surface area contributed by atoms with E-state index in [2.05, 4.69) is 21.2 Å². The summed E-state index contributed by atoms with van der Waals surface area (Å²) in [5, 5.41) is 11.9. The number of nitrogens with one attached hydrogen (secondary N) is 1. The maximum absolute atomic E-state index is 11.7. The molecular formula is C14H18BrNO4. The predicted octanol–water partition coefficient (Wildman–Crippen LogP) is 2.83. The third kappa shape index (κ3) is 4.85. The number of carbonyl (C=O) groups excluding carboxylic acids is 1. The van der Waals surface area contributed by atoms with Gasteiger partial charge in [-0.2, -0.15) is 0 Å². The van der Waals surface area contributed by atoms with Crippen molar-refractivity contribution in [3.8, 4) is 5.75 Å². The number of hydrogen-bond acceptors (Lipinski definition) is 3. The summed E-state index contributed by atoms with van der Waals surface area (Å²) >= 11 is 3.20. The average Bonchev–Trinajstić information content (AvgIpc) is 2.36. The summed E-state index contributed by atoms with van der Waals surface area (Å²) in [6.45, 7) is 5.57. The molecule has 0 radical (unpaired) electrons. The van der Waals surface area contributed by atoms with Gasteiger partial charge in [0.1, 0.15) is 11.3 Å². The smallest absolute Gasteiger partial charge is 0.339 e. The number of amides is 1. The first-order valence-corrected chi connectivity index (χ1v) is 7.01. The Morgan fingerprint density at radius 1 is 1.40 bits per heavy atom. The second kappa shape index (κ2) is 6.74. The Labute approximate surface area is 126 Å². The van der Waals surface area contributed by atoms with Crippen molar-refractivity contribution in [3.05, 3.63) is 28.2 Å². The monoisotopic (exact) mass is 343 g/mol. The maximum atomic E-state index is 11.7. The van der Waals surface area contributed by atoms with E-state index < -0.39 is 5.97 Å². The van der Waals surface area contributed by atoms with E-state index in [-0.39, 0.29) is 29.4 Å². The molecule has 0 aliphatic heterocycles. The lowest BCUT2D eigenvalue weighted by molar-refractivity contribution is -0.124. The molecule has 0 saturated carbocycles. The Balaban J connectivity index is 2.71. The highest BCUT2D eigenvalue weighted by Gasteiger charge is 2.19. The quantitative estimate of drug-likeness (QED) is 0.832. The van der Waals surface area contributed by atoms with Crippen molar-refractivity contribution in [2.75, 3.05) is 6.61 Å². The lowest BCUT2D eigenvalue weighted by atomic mass is 10.0. The van der Waals surface area contributed by atoms with E-state index in [0.29, 0.717) is 4.47 Å². The van der Waals surface area contributed by atoms with Crippen LogP contribution < -0.4 is 10.1 Å². The molecule has 0 unspecified atom stereocenters. The number of carbonyl (C=O) groups is 2. The largest absolute Gasteiger partial charge is 0.483 e. The van der Waals surface area contributed by atoms with Crippen LogP contribution in [0.4, 0.5) is 0 Å². The Hall–Kier alpha value is -1.56. The molecule has 0 spiro atoms. The van der Waals surface area contributed by atoms with Crippen molar-refractivity contribution >= 4 is 27.8 Å². The van der Waals surface area contributed by atoms with Gasteiger partial charge in [0.2, 0.25) is 0 Å². The number of hydrogen-bond donors (Lipinski definition) is 2. The normalized spacial score (nSPS) is 11.0. The highest BCUT2D eigenvalue weighted by atomic mass is 79.9. The van der Waals surface area contributed by atoms with Crippen molar-refractivity contribution in [1.29, 1.82) is 0 Å². The first kappa shape index (κ1) is 16.5. The summed E-state index contributed by atoms with van der Waals surface area (Å²) in [5.74, 6) is -1.21. The minimum Gasteiger partial charge on any atom is -0.483 e. The van der Waals surface area contributed by atoms with Crippen LogP contribution in [0.3, 0.4) is 0 Å². The van der Waals surface area contributed by atoms with Gasteiger partial charge in [-0.1, -0.05) is 22.9 Å². The summed E-state index contributed by atoms with van der Waals surface area (Å²) < 4.78 is 5.93. The Bertz CT molecular complexity index is 514. The molecule has 6 heteroatoms. The summed E-state index contributed by atoms with van der Waals surface area (Å²) in [4.78, 5) is 22.8. The van der Waals surface area contributed by atoms with Crippen LogP contribution in [-0.4, -0.2) is 29.1 Å². The van der Waals surface area contributed by atoms with Crippen LogP contribution in [0.2, 0.25) is 0 Å². The summed E-state index contributed by atoms with van der Waals surface area (Å²) in [6, 6.07) is 4.62. The van der Waals surface area contributed by atoms with E-state index in [1.165, 1.54) is 12.1 Å². The van der Waals surface area contributed by atoms with E-state index >= 15 is 0 Å². The molecule has 1 amide bonds. The van der Waals surface area contributed by atoms with Crippen LogP contribution in [0.15, 0.2) is 22.7 Å². The second-order valence-corrected chi connectivity index (χ2v) is 5.94. The van der Waals surface area contributed by atoms with E-state index in [4.69, 9.17) is 9.84 Å². The molecule has 0 aromatic heterocycles. The Morgan fingerprint density at radius 3 is 2.60 bits per heavy atom. The number of ether oxygens (including phenoxy) is 1. The third-order valence-electron chi connectivity index (χ3n) is 2.89. The molecule has 0 heterocycles. The summed E-state index contributed by atoms with van der Waals surface area (Å²) in [5.41, 5.74) is -0.294. The fourth-order valence-corrected chi connectivity index (χ4v) is 1.80. The van der Waals surface area contributed by atoms with Gasteiger partial charge in [0, 0.05) is 10.0 Å². The Kier molecular flexibility index (Phi) is 5.56. The molecule has 1 aromatic rings. The van der Waals surface area contributed by atoms with E-state index in [1.807, 2.05) is 20.8 Å². The lowest BCUT2D eigenvalue weighted by Crippen LogP contribution is -2.44. The number of rotatable bonds is 6. The van der Waals surface area contributed by atoms with Crippen LogP contribution >= 0.6 is 15.9 Å². The van der Waals surface area contributed by atoms with Crippen LogP contribution in [0.1, 0.15) is 37.6 Å². The van der Waals surface area contributed by atoms with Crippen molar-refractivity contribution < 1.29 is 19.4 Å². The standard InChI is InChI=1S/C14H18BrNO4/c1-4-14(2,3)16-12(17)8-20-11-6-5-9(15)7-10(11)13(18)19/h5-7H,4,8H2,1-3H3,(H,16,17)(H,18,19). The SMILES string of the molecule is CCC(C)(C)NC(=O)COc1ccc(Br)cc1C(=O)O. The van der Waals surface area contributed by atoms with Gasteiger partial charge < -0.3 is 15.2 Å². The van der Waals surface area contributed by atoms with Crippen LogP contribution in [0, 0.1) is 0 Å². The van der Waals surface area contributed by atoms with Crippen LogP contribution in [0.5, 0.6) is 5.75 Å². The molecule has 1 rings (SSSR count). The number of carboxylic acids is 1. The van der Waals surface area contributed by atoms with Gasteiger partial charge in [-0.15, -0.1) is 0 Å². The first-order valence-electron chi connectivity index (χ1n) is 6.22. The van der Waals surface area contributed by atoms with E-state index in [0.717, 1.165) is 6.42 Å². The van der Waals surface area contributed by atoms with Gasteiger partial charge in [-0.05, 0) is 38.5 Å². The van der Waals surface area contributed by atoms with E-state index in [9.17, 15) is 9.59 Å². The summed E-state index contributed by atoms with van der Waals surface area (Å²) in [7, 11) is 0. The number of aromatic carboxylic acids is 1. The topological polar surface area (TPSA) is 75.6 Å². The molecule has 0 fully saturated rings. The molecule has 0 saturated heterocycles. The number of carboxylic acid groups (broad SMARTS) is 1. The molecule has 0 aliphatic rings. The average molecular weight is 344 g/mol. The Morgan fingerprint density at radius 2 is 2.05 bits per heavy atom. The van der Waals surface area contributed by atoms with Crippen molar-refractivity contribution in [3.63, 3.8) is 0 Å². The molecule has 20 heavy (non-hydrogen) atoms. The fraction of sp³-hybridized carbons (Fsp3) is 0.429. The predicted molar refractivity (Wildman–Crippen MR) is 79.1 cm³/mol. The minimum atomic E-state index is -1.10. The zero-order valence-corrected chi connectivity index (χ0v) is 13.3. The highest BCUT2D eigenvalue weighted by molar-refractivity contribution is 9.10. The summed E-state index contributed by atoms with van der Waals surface area (Å²) in [6.07, 6.45) is 0.789. The van der Waals surface area contributed by atoms with Gasteiger partial charge in [0.15, 0.2) is 6.61 Å². The zero-order chi connectivity index (χ0) is 15.3. The molecule has 0 aliphatic carbocycles. The maximum Gasteiger partial charge on any atom is 0.339 e. The van der Waals surface area contributed by atoms with E-state index in [1.54, 1.807) is 6.07 Å². The molecule has 0 atom stereocenters. The van der Waals surface area contributed by atoms with Crippen molar-refractivity contribution in [2.45, 2.75) is 32.7 Å². The lowest BCUT2D eigenvalue weighted by Gasteiger charge is -2.24. The van der Waals surface area contributed by atoms with Crippen LogP contribution in [0.25, 0.3) is 0 Å². The van der Waals surface area contributed by atoms with Crippen LogP contribution in [-0.2, 0) is 4.79 Å². The number of halogens is 1. The molecule has 110 valence electrons. The fourth-order valence-electron chi connectivity index (χ4n) is 1.44. The molecule has 5 nitrogen and oxygen atoms in total. The van der Waals surface area contributed by atoms with Crippen molar-refractivity contribution in [1.82, 2.24) is 5.32 Å². The zero-order valence-electron chi connectivity index (χ0n) is 11.7. The molecule has 0 bridgehead atoms. The van der Waals surface area contributed by atoms with Gasteiger partial charge in [-0.3, -0.25) is 4.79 Å². The molecule has 2 N–H and O–H groups in total. The van der Waals surface area contributed by atoms with Gasteiger partial charge in [0.05, 0.1) is 0 Å². The molecule has 1 aromatic carbocycles. The molecular weight excluding hydrogens is 326 g/mol. The highest BCUT2D eigenvalue weighted by Crippen LogP contribution is 2.23. The van der Waals surface area contributed by atoms with Gasteiger partial charge >= 0.3 is 5.97 Å². The van der Waals surface area contributed by atoms with Crippen molar-refractivity contribution in [2.24, 2.45) is 0 Å². The number of benzene rings is 1. The minimum absolute atomic E-state index is 0.0157. The third-order valence-corrected chi connectivity index (χ3v) is 3.39. The second-order valence-electron chi connectivity index (χ2n) is 5.02. The van der Waals surface area contributed by atoms with Gasteiger partial charge in [0.25, 0.3) is 5.91 Å².